The Morgan fingerprint density at radius 2 is 2.00 bits per heavy atom. The summed E-state index contributed by atoms with van der Waals surface area (Å²) in [6.07, 6.45) is 4.21. The SMILES string of the molecule is CNc1nc2c(c(-c3ccccc3Cl)c1C#N)CCCC2. The molecular formula is C17H16ClN3. The zero-order chi connectivity index (χ0) is 14.8. The quantitative estimate of drug-likeness (QED) is 0.904. The molecule has 0 saturated carbocycles. The Bertz CT molecular complexity index is 732. The summed E-state index contributed by atoms with van der Waals surface area (Å²) >= 11 is 6.38. The van der Waals surface area contributed by atoms with Crippen molar-refractivity contribution in [3.05, 3.63) is 46.1 Å². The lowest BCUT2D eigenvalue weighted by Crippen LogP contribution is -2.12. The molecule has 0 spiro atoms. The number of hydrogen-bond donors (Lipinski definition) is 1. The summed E-state index contributed by atoms with van der Waals surface area (Å²) in [6, 6.07) is 10.0. The van der Waals surface area contributed by atoms with E-state index in [1.807, 2.05) is 24.3 Å². The zero-order valence-corrected chi connectivity index (χ0v) is 12.7. The lowest BCUT2D eigenvalue weighted by Gasteiger charge is -2.22. The van der Waals surface area contributed by atoms with Gasteiger partial charge in [0.1, 0.15) is 17.5 Å². The van der Waals surface area contributed by atoms with Crippen molar-refractivity contribution in [2.24, 2.45) is 0 Å². The number of aromatic nitrogens is 1. The van der Waals surface area contributed by atoms with Crippen molar-refractivity contribution in [2.75, 3.05) is 12.4 Å². The Hall–Kier alpha value is -2.05. The van der Waals surface area contributed by atoms with E-state index in [2.05, 4.69) is 16.4 Å². The fraction of sp³-hybridized carbons (Fsp3) is 0.294. The first-order valence-corrected chi connectivity index (χ1v) is 7.52. The van der Waals surface area contributed by atoms with Gasteiger partial charge in [0.2, 0.25) is 0 Å². The molecule has 0 fully saturated rings. The number of aryl methyl sites for hydroxylation is 1. The number of pyridine rings is 1. The molecule has 0 amide bonds. The Balaban J connectivity index is 2.36. The van der Waals surface area contributed by atoms with Crippen LogP contribution < -0.4 is 5.32 Å². The molecule has 0 saturated heterocycles. The summed E-state index contributed by atoms with van der Waals surface area (Å²) in [5.74, 6) is 0.646. The van der Waals surface area contributed by atoms with E-state index in [1.54, 1.807) is 7.05 Å². The topological polar surface area (TPSA) is 48.7 Å². The normalized spacial score (nSPS) is 13.4. The Kier molecular flexibility index (Phi) is 3.81. The second-order valence-corrected chi connectivity index (χ2v) is 5.59. The van der Waals surface area contributed by atoms with Crippen LogP contribution in [0.2, 0.25) is 5.02 Å². The minimum atomic E-state index is 0.589. The van der Waals surface area contributed by atoms with Crippen LogP contribution in [-0.4, -0.2) is 12.0 Å². The summed E-state index contributed by atoms with van der Waals surface area (Å²) in [5, 5.41) is 13.3. The number of halogens is 1. The average molecular weight is 298 g/mol. The van der Waals surface area contributed by atoms with E-state index < -0.39 is 0 Å². The molecule has 106 valence electrons. The molecule has 0 unspecified atom stereocenters. The third kappa shape index (κ3) is 2.36. The molecule has 1 N–H and O–H groups in total. The minimum absolute atomic E-state index is 0.589. The van der Waals surface area contributed by atoms with Crippen LogP contribution in [0.3, 0.4) is 0 Å². The van der Waals surface area contributed by atoms with Crippen LogP contribution in [0, 0.1) is 11.3 Å². The first kappa shape index (κ1) is 13.9. The first-order valence-electron chi connectivity index (χ1n) is 7.14. The maximum absolute atomic E-state index is 9.61. The van der Waals surface area contributed by atoms with Gasteiger partial charge in [-0.15, -0.1) is 0 Å². The van der Waals surface area contributed by atoms with Gasteiger partial charge >= 0.3 is 0 Å². The minimum Gasteiger partial charge on any atom is -0.372 e. The maximum Gasteiger partial charge on any atom is 0.144 e. The second kappa shape index (κ2) is 5.75. The summed E-state index contributed by atoms with van der Waals surface area (Å²) in [4.78, 5) is 4.64. The van der Waals surface area contributed by atoms with Gasteiger partial charge in [0.05, 0.1) is 0 Å². The summed E-state index contributed by atoms with van der Waals surface area (Å²) in [7, 11) is 1.80. The lowest BCUT2D eigenvalue weighted by molar-refractivity contribution is 0.669. The monoisotopic (exact) mass is 297 g/mol. The van der Waals surface area contributed by atoms with E-state index in [0.717, 1.165) is 42.5 Å². The van der Waals surface area contributed by atoms with Crippen LogP contribution in [0.4, 0.5) is 5.82 Å². The van der Waals surface area contributed by atoms with Gasteiger partial charge < -0.3 is 5.32 Å². The summed E-state index contributed by atoms with van der Waals surface area (Å²) < 4.78 is 0. The molecule has 21 heavy (non-hydrogen) atoms. The van der Waals surface area contributed by atoms with Gasteiger partial charge in [-0.05, 0) is 37.3 Å². The molecule has 1 aliphatic carbocycles. The molecule has 0 aliphatic heterocycles. The Labute approximate surface area is 129 Å². The summed E-state index contributed by atoms with van der Waals surface area (Å²) in [6.45, 7) is 0. The van der Waals surface area contributed by atoms with Crippen LogP contribution in [0.25, 0.3) is 11.1 Å². The predicted molar refractivity (Wildman–Crippen MR) is 85.6 cm³/mol. The van der Waals surface area contributed by atoms with Crippen molar-refractivity contribution in [3.63, 3.8) is 0 Å². The predicted octanol–water partition coefficient (Wildman–Crippen LogP) is 4.19. The van der Waals surface area contributed by atoms with Gasteiger partial charge in [0, 0.05) is 28.9 Å². The highest BCUT2D eigenvalue weighted by Crippen LogP contribution is 2.39. The van der Waals surface area contributed by atoms with Gasteiger partial charge in [-0.25, -0.2) is 4.98 Å². The molecule has 2 aromatic rings. The van der Waals surface area contributed by atoms with E-state index in [-0.39, 0.29) is 0 Å². The highest BCUT2D eigenvalue weighted by atomic mass is 35.5. The number of nitriles is 1. The number of nitrogens with zero attached hydrogens (tertiary/aromatic N) is 2. The van der Waals surface area contributed by atoms with Gasteiger partial charge in [0.15, 0.2) is 0 Å². The van der Waals surface area contributed by atoms with E-state index in [0.29, 0.717) is 16.4 Å². The molecule has 3 rings (SSSR count). The number of rotatable bonds is 2. The van der Waals surface area contributed by atoms with E-state index in [9.17, 15) is 5.26 Å². The number of nitrogens with one attached hydrogen (secondary N) is 1. The van der Waals surface area contributed by atoms with Crippen molar-refractivity contribution in [1.82, 2.24) is 4.98 Å². The smallest absolute Gasteiger partial charge is 0.144 e. The molecular weight excluding hydrogens is 282 g/mol. The number of benzene rings is 1. The van der Waals surface area contributed by atoms with Crippen LogP contribution in [0.15, 0.2) is 24.3 Å². The second-order valence-electron chi connectivity index (χ2n) is 5.18. The fourth-order valence-corrected chi connectivity index (χ4v) is 3.22. The van der Waals surface area contributed by atoms with Crippen molar-refractivity contribution in [1.29, 1.82) is 5.26 Å². The molecule has 1 aliphatic rings. The van der Waals surface area contributed by atoms with Crippen LogP contribution >= 0.6 is 11.6 Å². The molecule has 1 heterocycles. The third-order valence-electron chi connectivity index (χ3n) is 3.97. The van der Waals surface area contributed by atoms with Crippen LogP contribution in [0.1, 0.15) is 29.7 Å². The summed E-state index contributed by atoms with van der Waals surface area (Å²) in [5.41, 5.74) is 4.75. The largest absolute Gasteiger partial charge is 0.372 e. The van der Waals surface area contributed by atoms with Crippen LogP contribution in [0.5, 0.6) is 0 Å². The van der Waals surface area contributed by atoms with Gasteiger partial charge in [-0.1, -0.05) is 29.8 Å². The van der Waals surface area contributed by atoms with E-state index >= 15 is 0 Å². The molecule has 1 aromatic heterocycles. The molecule has 0 radical (unpaired) electrons. The van der Waals surface area contributed by atoms with Crippen molar-refractivity contribution in [3.8, 4) is 17.2 Å². The highest BCUT2D eigenvalue weighted by Gasteiger charge is 2.23. The van der Waals surface area contributed by atoms with Gasteiger partial charge in [-0.2, -0.15) is 5.26 Å². The molecule has 1 aromatic carbocycles. The zero-order valence-electron chi connectivity index (χ0n) is 11.9. The number of anilines is 1. The standard InChI is InChI=1S/C17H16ClN3/c1-20-17-13(10-19)16(11-6-2-4-8-14(11)18)12-7-3-5-9-15(12)21-17/h2,4,6,8H,3,5,7,9H2,1H3,(H,20,21). The Morgan fingerprint density at radius 3 is 2.71 bits per heavy atom. The molecule has 4 heteroatoms. The molecule has 0 bridgehead atoms. The average Bonchev–Trinajstić information content (AvgIpc) is 2.53. The van der Waals surface area contributed by atoms with Gasteiger partial charge in [-0.3, -0.25) is 0 Å². The highest BCUT2D eigenvalue weighted by molar-refractivity contribution is 6.33. The number of hydrogen-bond acceptors (Lipinski definition) is 3. The van der Waals surface area contributed by atoms with Crippen molar-refractivity contribution >= 4 is 17.4 Å². The van der Waals surface area contributed by atoms with Gasteiger partial charge in [0.25, 0.3) is 0 Å². The third-order valence-corrected chi connectivity index (χ3v) is 4.30. The lowest BCUT2D eigenvalue weighted by atomic mass is 9.86. The van der Waals surface area contributed by atoms with Crippen molar-refractivity contribution < 1.29 is 0 Å². The molecule has 3 nitrogen and oxygen atoms in total. The van der Waals surface area contributed by atoms with E-state index in [4.69, 9.17) is 11.6 Å². The maximum atomic E-state index is 9.61. The number of fused-ring (bicyclic) bond motifs is 1. The van der Waals surface area contributed by atoms with Crippen LogP contribution in [-0.2, 0) is 12.8 Å². The van der Waals surface area contributed by atoms with Crippen molar-refractivity contribution in [2.45, 2.75) is 25.7 Å². The fourth-order valence-electron chi connectivity index (χ4n) is 2.99. The molecule has 0 atom stereocenters. The first-order chi connectivity index (χ1) is 10.3. The van der Waals surface area contributed by atoms with E-state index in [1.165, 1.54) is 5.56 Å². The Morgan fingerprint density at radius 1 is 1.24 bits per heavy atom.